The van der Waals surface area contributed by atoms with Crippen molar-refractivity contribution in [2.75, 3.05) is 0 Å². The number of aryl methyl sites for hydroxylation is 2. The fourth-order valence-electron chi connectivity index (χ4n) is 2.46. The molecule has 0 spiro atoms. The zero-order valence-corrected chi connectivity index (χ0v) is 12.9. The molecule has 23 heavy (non-hydrogen) atoms. The number of furan rings is 1. The Labute approximate surface area is 133 Å². The van der Waals surface area contributed by atoms with Gasteiger partial charge in [0.2, 0.25) is 5.91 Å². The van der Waals surface area contributed by atoms with Crippen molar-refractivity contribution in [3.63, 3.8) is 0 Å². The van der Waals surface area contributed by atoms with Crippen LogP contribution >= 0.6 is 0 Å². The lowest BCUT2D eigenvalue weighted by molar-refractivity contribution is -0.121. The molecule has 0 bridgehead atoms. The summed E-state index contributed by atoms with van der Waals surface area (Å²) in [7, 11) is 0. The molecule has 2 heterocycles. The number of aromatic amines is 1. The maximum atomic E-state index is 11.9. The topological polar surface area (TPSA) is 75.1 Å². The van der Waals surface area contributed by atoms with Crippen LogP contribution in [-0.4, -0.2) is 10.9 Å². The summed E-state index contributed by atoms with van der Waals surface area (Å²) in [5.41, 5.74) is 2.44. The van der Waals surface area contributed by atoms with Crippen molar-refractivity contribution >= 4 is 16.8 Å². The molecular formula is C18H18N2O3. The van der Waals surface area contributed by atoms with Crippen LogP contribution in [0.5, 0.6) is 0 Å². The molecule has 0 radical (unpaired) electrons. The predicted octanol–water partition coefficient (Wildman–Crippen LogP) is 2.68. The first-order chi connectivity index (χ1) is 11.1. The molecule has 3 aromatic rings. The second-order valence-electron chi connectivity index (χ2n) is 5.56. The fourth-order valence-corrected chi connectivity index (χ4v) is 2.46. The summed E-state index contributed by atoms with van der Waals surface area (Å²) in [6.07, 6.45) is 2.59. The SMILES string of the molecule is Cc1cc2ccc(CCC(=O)NCc3ccco3)cc2[nH]c1=O. The first kappa shape index (κ1) is 15.1. The Balaban J connectivity index is 1.61. The van der Waals surface area contributed by atoms with Crippen LogP contribution in [0.2, 0.25) is 0 Å². The lowest BCUT2D eigenvalue weighted by Gasteiger charge is -2.06. The summed E-state index contributed by atoms with van der Waals surface area (Å²) in [6, 6.07) is 11.4. The Hall–Kier alpha value is -2.82. The molecule has 5 heteroatoms. The highest BCUT2D eigenvalue weighted by Crippen LogP contribution is 2.14. The van der Waals surface area contributed by atoms with Gasteiger partial charge in [-0.25, -0.2) is 0 Å². The molecule has 0 fully saturated rings. The van der Waals surface area contributed by atoms with Gasteiger partial charge in [0.25, 0.3) is 5.56 Å². The number of hydrogen-bond acceptors (Lipinski definition) is 3. The normalized spacial score (nSPS) is 10.8. The molecule has 5 nitrogen and oxygen atoms in total. The zero-order chi connectivity index (χ0) is 16.2. The van der Waals surface area contributed by atoms with Crippen LogP contribution in [0, 0.1) is 6.92 Å². The standard InChI is InChI=1S/C18H18N2O3/c1-12-9-14-6-4-13(10-16(14)20-18(12)22)5-7-17(21)19-11-15-3-2-8-23-15/h2-4,6,8-10H,5,7,11H2,1H3,(H,19,21)(H,20,22). The van der Waals surface area contributed by atoms with Gasteiger partial charge in [-0.15, -0.1) is 0 Å². The number of H-pyrrole nitrogens is 1. The second-order valence-corrected chi connectivity index (χ2v) is 5.56. The molecule has 0 aliphatic rings. The molecular weight excluding hydrogens is 292 g/mol. The number of fused-ring (bicyclic) bond motifs is 1. The largest absolute Gasteiger partial charge is 0.467 e. The van der Waals surface area contributed by atoms with Crippen LogP contribution in [0.15, 0.2) is 51.9 Å². The lowest BCUT2D eigenvalue weighted by Crippen LogP contribution is -2.22. The van der Waals surface area contributed by atoms with Gasteiger partial charge in [0, 0.05) is 17.5 Å². The van der Waals surface area contributed by atoms with Crippen molar-refractivity contribution in [1.29, 1.82) is 0 Å². The first-order valence-corrected chi connectivity index (χ1v) is 7.53. The van der Waals surface area contributed by atoms with Crippen molar-refractivity contribution in [2.45, 2.75) is 26.3 Å². The number of hydrogen-bond donors (Lipinski definition) is 2. The third kappa shape index (κ3) is 3.69. The monoisotopic (exact) mass is 310 g/mol. The van der Waals surface area contributed by atoms with E-state index in [1.807, 2.05) is 30.3 Å². The van der Waals surface area contributed by atoms with E-state index in [1.54, 1.807) is 19.3 Å². The zero-order valence-electron chi connectivity index (χ0n) is 12.9. The summed E-state index contributed by atoms with van der Waals surface area (Å²) in [5, 5.41) is 3.81. The van der Waals surface area contributed by atoms with Crippen LogP contribution in [0.1, 0.15) is 23.3 Å². The van der Waals surface area contributed by atoms with Gasteiger partial charge in [0.05, 0.1) is 12.8 Å². The minimum atomic E-state index is -0.0779. The van der Waals surface area contributed by atoms with E-state index in [-0.39, 0.29) is 11.5 Å². The molecule has 0 aliphatic heterocycles. The molecule has 0 saturated carbocycles. The second kappa shape index (κ2) is 6.52. The molecule has 1 amide bonds. The van der Waals surface area contributed by atoms with E-state index in [0.29, 0.717) is 24.9 Å². The molecule has 0 atom stereocenters. The Morgan fingerprint density at radius 1 is 1.26 bits per heavy atom. The predicted molar refractivity (Wildman–Crippen MR) is 88.2 cm³/mol. The third-order valence-corrected chi connectivity index (χ3v) is 3.78. The number of carbonyl (C=O) groups is 1. The van der Waals surface area contributed by atoms with E-state index >= 15 is 0 Å². The Bertz CT molecular complexity index is 879. The highest BCUT2D eigenvalue weighted by Gasteiger charge is 2.05. The van der Waals surface area contributed by atoms with E-state index in [4.69, 9.17) is 4.42 Å². The van der Waals surface area contributed by atoms with E-state index in [1.165, 1.54) is 0 Å². The number of amides is 1. The summed E-state index contributed by atoms with van der Waals surface area (Å²) < 4.78 is 5.17. The third-order valence-electron chi connectivity index (χ3n) is 3.78. The molecule has 2 N–H and O–H groups in total. The van der Waals surface area contributed by atoms with Crippen LogP contribution in [0.4, 0.5) is 0 Å². The quantitative estimate of drug-likeness (QED) is 0.761. The number of carbonyl (C=O) groups excluding carboxylic acids is 1. The summed E-state index contributed by atoms with van der Waals surface area (Å²) in [5.74, 6) is 0.705. The van der Waals surface area contributed by atoms with Gasteiger partial charge in [-0.05, 0) is 48.6 Å². The first-order valence-electron chi connectivity index (χ1n) is 7.53. The van der Waals surface area contributed by atoms with Crippen LogP contribution in [0.25, 0.3) is 10.9 Å². The number of nitrogens with one attached hydrogen (secondary N) is 2. The van der Waals surface area contributed by atoms with Crippen molar-refractivity contribution in [2.24, 2.45) is 0 Å². The van der Waals surface area contributed by atoms with Crippen molar-refractivity contribution in [3.05, 3.63) is 69.9 Å². The summed E-state index contributed by atoms with van der Waals surface area (Å²) in [6.45, 7) is 2.19. The van der Waals surface area contributed by atoms with Crippen LogP contribution in [-0.2, 0) is 17.8 Å². The van der Waals surface area contributed by atoms with Crippen molar-refractivity contribution < 1.29 is 9.21 Å². The fraction of sp³-hybridized carbons (Fsp3) is 0.222. The molecule has 1 aromatic carbocycles. The van der Waals surface area contributed by atoms with Gasteiger partial charge >= 0.3 is 0 Å². The van der Waals surface area contributed by atoms with Crippen LogP contribution in [0.3, 0.4) is 0 Å². The van der Waals surface area contributed by atoms with Crippen LogP contribution < -0.4 is 10.9 Å². The van der Waals surface area contributed by atoms with Gasteiger partial charge < -0.3 is 14.7 Å². The van der Waals surface area contributed by atoms with Crippen molar-refractivity contribution in [1.82, 2.24) is 10.3 Å². The summed E-state index contributed by atoms with van der Waals surface area (Å²) >= 11 is 0. The molecule has 0 unspecified atom stereocenters. The Morgan fingerprint density at radius 3 is 2.91 bits per heavy atom. The van der Waals surface area contributed by atoms with E-state index in [2.05, 4.69) is 10.3 Å². The lowest BCUT2D eigenvalue weighted by atomic mass is 10.1. The minimum absolute atomic E-state index is 0.0288. The maximum absolute atomic E-state index is 11.9. The molecule has 118 valence electrons. The molecule has 3 rings (SSSR count). The Kier molecular flexibility index (Phi) is 4.28. The number of pyridine rings is 1. The molecule has 2 aromatic heterocycles. The van der Waals surface area contributed by atoms with Gasteiger partial charge in [0.1, 0.15) is 5.76 Å². The van der Waals surface area contributed by atoms with E-state index < -0.39 is 0 Å². The van der Waals surface area contributed by atoms with Gasteiger partial charge in [-0.3, -0.25) is 9.59 Å². The Morgan fingerprint density at radius 2 is 2.13 bits per heavy atom. The van der Waals surface area contributed by atoms with E-state index in [0.717, 1.165) is 22.2 Å². The van der Waals surface area contributed by atoms with E-state index in [9.17, 15) is 9.59 Å². The number of benzene rings is 1. The number of rotatable bonds is 5. The van der Waals surface area contributed by atoms with Crippen molar-refractivity contribution in [3.8, 4) is 0 Å². The molecule has 0 saturated heterocycles. The average molecular weight is 310 g/mol. The average Bonchev–Trinajstić information content (AvgIpc) is 3.05. The van der Waals surface area contributed by atoms with Gasteiger partial charge in [0.15, 0.2) is 0 Å². The highest BCUT2D eigenvalue weighted by atomic mass is 16.3. The summed E-state index contributed by atoms with van der Waals surface area (Å²) in [4.78, 5) is 26.4. The van der Waals surface area contributed by atoms with Gasteiger partial charge in [-0.2, -0.15) is 0 Å². The molecule has 0 aliphatic carbocycles. The smallest absolute Gasteiger partial charge is 0.251 e. The maximum Gasteiger partial charge on any atom is 0.251 e. The number of aromatic nitrogens is 1. The van der Waals surface area contributed by atoms with Gasteiger partial charge in [-0.1, -0.05) is 12.1 Å². The minimum Gasteiger partial charge on any atom is -0.467 e. The highest BCUT2D eigenvalue weighted by molar-refractivity contribution is 5.80.